The summed E-state index contributed by atoms with van der Waals surface area (Å²) >= 11 is 1.10. The molecule has 0 saturated carbocycles. The number of imide groups is 2. The van der Waals surface area contributed by atoms with Gasteiger partial charge in [0.05, 0.1) is 74.4 Å². The van der Waals surface area contributed by atoms with Crippen molar-refractivity contribution in [3.05, 3.63) is 59.7 Å². The van der Waals surface area contributed by atoms with E-state index in [1.165, 1.54) is 48.3 Å². The van der Waals surface area contributed by atoms with Crippen LogP contribution in [0.1, 0.15) is 65.7 Å². The Labute approximate surface area is 435 Å². The number of ether oxygens (including phenoxy) is 4. The minimum Gasteiger partial charge on any atom is -0.493 e. The minimum absolute atomic E-state index is 0.00562. The number of likely N-dealkylation sites (tertiary alicyclic amines) is 1. The van der Waals surface area contributed by atoms with Gasteiger partial charge in [0.15, 0.2) is 33.7 Å². The van der Waals surface area contributed by atoms with E-state index in [-0.39, 0.29) is 148 Å². The Morgan fingerprint density at radius 1 is 0.720 bits per heavy atom. The van der Waals surface area contributed by atoms with Crippen molar-refractivity contribution in [2.75, 3.05) is 81.9 Å². The molecule has 1 unspecified atom stereocenters. The normalized spacial score (nSPS) is 22.8. The number of nitrogens with one attached hydrogen (secondary N) is 2. The molecule has 0 spiro atoms. The van der Waals surface area contributed by atoms with Gasteiger partial charge in [-0.25, -0.2) is 4.79 Å². The smallest absolute Gasteiger partial charge is 0.333 e. The highest BCUT2D eigenvalue weighted by molar-refractivity contribution is 8.01. The van der Waals surface area contributed by atoms with Crippen molar-refractivity contribution < 1.29 is 87.9 Å². The summed E-state index contributed by atoms with van der Waals surface area (Å²) in [5.74, 6) is -4.00. The Balaban J connectivity index is 0.974. The van der Waals surface area contributed by atoms with Crippen molar-refractivity contribution >= 4 is 91.9 Å². The number of rotatable bonds is 21. The first kappa shape index (κ1) is 55.1. The standard InChI is InChI=1S/C46H55N6O19PS3/c1-25-16-31-42(74(61,62)63)47-29-20-35(33(67-3)18-27(29)44(57)50(31)23-25)69-10-12-72(60,14-15-73-37-22-40(55)49(46(37)59)9-5-6-41(56)71-52-38(53)7-8-39(52)54)13-11-70-36-21-30-28(19-34(36)68-4)45(58)51-24-26(2)17-32(51)43(48-30)75(64,65)66/h18-21,31-32,37,42-43,47-48H,1-2,5-17,22-24H2,3-4H3,(H,61,62,63)(H,64,65,66)/t31-,32-,37?,42-,43-/m0/s1. The molecule has 6 heterocycles. The van der Waals surface area contributed by atoms with Gasteiger partial charge in [-0.15, -0.1) is 16.8 Å². The van der Waals surface area contributed by atoms with Crippen LogP contribution in [0, 0.1) is 0 Å². The molecule has 0 bridgehead atoms. The fourth-order valence-electron chi connectivity index (χ4n) is 9.80. The molecule has 29 heteroatoms. The first-order chi connectivity index (χ1) is 35.4. The third-order valence-electron chi connectivity index (χ3n) is 13.6. The number of hydrogen-bond acceptors (Lipinski definition) is 20. The van der Waals surface area contributed by atoms with E-state index in [0.29, 0.717) is 16.2 Å². The molecule has 0 radical (unpaired) electrons. The first-order valence-corrected chi connectivity index (χ1v) is 29.9. The molecule has 6 aliphatic rings. The van der Waals surface area contributed by atoms with Gasteiger partial charge in [0.2, 0.25) is 11.8 Å². The average molecular weight is 1120 g/mol. The highest BCUT2D eigenvalue weighted by atomic mass is 32.2. The number of methoxy groups -OCH3 is 2. The largest absolute Gasteiger partial charge is 0.493 e. The lowest BCUT2D eigenvalue weighted by Crippen LogP contribution is -2.47. The van der Waals surface area contributed by atoms with Crippen LogP contribution in [-0.4, -0.2) is 187 Å². The van der Waals surface area contributed by atoms with Crippen LogP contribution in [0.4, 0.5) is 11.4 Å². The molecule has 2 aromatic carbocycles. The monoisotopic (exact) mass is 1120 g/mol. The molecule has 75 heavy (non-hydrogen) atoms. The van der Waals surface area contributed by atoms with E-state index in [4.69, 9.17) is 23.8 Å². The average Bonchev–Trinajstić information content (AvgIpc) is 4.05. The Morgan fingerprint density at radius 2 is 1.20 bits per heavy atom. The van der Waals surface area contributed by atoms with E-state index in [1.54, 1.807) is 0 Å². The molecule has 25 nitrogen and oxygen atoms in total. The van der Waals surface area contributed by atoms with Gasteiger partial charge in [-0.05, 0) is 31.4 Å². The molecule has 6 amide bonds. The lowest BCUT2D eigenvalue weighted by molar-refractivity contribution is -0.197. The van der Waals surface area contributed by atoms with Crippen molar-refractivity contribution in [1.29, 1.82) is 0 Å². The molecule has 4 fully saturated rings. The van der Waals surface area contributed by atoms with Crippen LogP contribution >= 0.6 is 18.9 Å². The highest BCUT2D eigenvalue weighted by Gasteiger charge is 2.48. The van der Waals surface area contributed by atoms with Gasteiger partial charge < -0.3 is 48.8 Å². The van der Waals surface area contributed by atoms with Crippen LogP contribution in [-0.2, 0) is 53.6 Å². The van der Waals surface area contributed by atoms with E-state index >= 15 is 4.57 Å². The summed E-state index contributed by atoms with van der Waals surface area (Å²) in [4.78, 5) is 98.4. The molecule has 5 atom stereocenters. The molecular weight excluding hydrogens is 1070 g/mol. The molecule has 4 N–H and O–H groups in total. The third kappa shape index (κ3) is 11.8. The summed E-state index contributed by atoms with van der Waals surface area (Å²) in [5, 5.41) is 1.89. The van der Waals surface area contributed by atoms with E-state index in [1.807, 2.05) is 0 Å². The lowest BCUT2D eigenvalue weighted by atomic mass is 10.1. The van der Waals surface area contributed by atoms with Gasteiger partial charge in [-0.2, -0.15) is 16.8 Å². The van der Waals surface area contributed by atoms with E-state index in [0.717, 1.165) is 16.7 Å². The maximum absolute atomic E-state index is 15.1. The topological polar surface area (TPSA) is 328 Å². The Bertz CT molecular complexity index is 2880. The zero-order valence-corrected chi connectivity index (χ0v) is 44.1. The van der Waals surface area contributed by atoms with E-state index < -0.39 is 96.9 Å². The third-order valence-corrected chi connectivity index (χ3v) is 20.3. The Morgan fingerprint density at radius 3 is 1.65 bits per heavy atom. The van der Waals surface area contributed by atoms with Crippen molar-refractivity contribution in [1.82, 2.24) is 19.8 Å². The summed E-state index contributed by atoms with van der Waals surface area (Å²) in [5.41, 5.74) is 1.29. The van der Waals surface area contributed by atoms with Crippen molar-refractivity contribution in [2.24, 2.45) is 0 Å². The molecule has 4 saturated heterocycles. The number of hydroxylamine groups is 2. The highest BCUT2D eigenvalue weighted by Crippen LogP contribution is 2.48. The van der Waals surface area contributed by atoms with Crippen LogP contribution in [0.15, 0.2) is 48.6 Å². The number of fused-ring (bicyclic) bond motifs is 4. The van der Waals surface area contributed by atoms with Crippen molar-refractivity contribution in [3.8, 4) is 23.0 Å². The van der Waals surface area contributed by atoms with Crippen LogP contribution in [0.5, 0.6) is 23.0 Å². The maximum atomic E-state index is 15.1. The SMILES string of the molecule is C=C1C[C@H]2[C@H](S(=O)(=O)O)Nc3cc(OCCP(=O)(CCOc4cc5c(cc4OC)C(=O)N4CC(=C)C[C@H]4[C@H](S(=O)(=O)O)N5)CCSC4CC(=O)N(CCCC(=O)ON5C(=O)CCC5=O)C4=O)c(OC)cc3C(=O)N2C1. The van der Waals surface area contributed by atoms with Gasteiger partial charge in [0.25, 0.3) is 43.9 Å². The quantitative estimate of drug-likeness (QED) is 0.0604. The Hall–Kier alpha value is -6.19. The molecule has 0 aromatic heterocycles. The minimum atomic E-state index is -4.77. The fourth-order valence-corrected chi connectivity index (χ4v) is 15.7. The molecular formula is C46H55N6O19PS3. The van der Waals surface area contributed by atoms with Gasteiger partial charge in [-0.1, -0.05) is 24.3 Å². The summed E-state index contributed by atoms with van der Waals surface area (Å²) in [6.07, 6.45) is -0.681. The van der Waals surface area contributed by atoms with E-state index in [9.17, 15) is 59.5 Å². The van der Waals surface area contributed by atoms with Crippen LogP contribution in [0.2, 0.25) is 0 Å². The number of anilines is 2. The summed E-state index contributed by atoms with van der Waals surface area (Å²) in [6, 6.07) is 3.46. The second-order valence-electron chi connectivity index (χ2n) is 18.7. The lowest BCUT2D eigenvalue weighted by Gasteiger charge is -2.26. The predicted octanol–water partition coefficient (Wildman–Crippen LogP) is 2.59. The second-order valence-corrected chi connectivity index (χ2v) is 26.5. The van der Waals surface area contributed by atoms with Crippen molar-refractivity contribution in [3.63, 3.8) is 0 Å². The van der Waals surface area contributed by atoms with Crippen LogP contribution < -0.4 is 29.6 Å². The van der Waals surface area contributed by atoms with Gasteiger partial charge in [0.1, 0.15) is 0 Å². The fraction of sp³-hybridized carbons (Fsp3) is 0.500. The Kier molecular flexibility index (Phi) is 16.0. The number of carbonyl (C=O) groups excluding carboxylic acids is 7. The van der Waals surface area contributed by atoms with Gasteiger partial charge in [-0.3, -0.25) is 42.8 Å². The number of amides is 6. The summed E-state index contributed by atoms with van der Waals surface area (Å²) in [7, 11) is -10.3. The molecule has 8 rings (SSSR count). The van der Waals surface area contributed by atoms with Gasteiger partial charge >= 0.3 is 5.97 Å². The second kappa shape index (κ2) is 21.8. The number of benzene rings is 2. The predicted molar refractivity (Wildman–Crippen MR) is 268 cm³/mol. The molecule has 406 valence electrons. The number of thioether (sulfide) groups is 1. The molecule has 6 aliphatic heterocycles. The summed E-state index contributed by atoms with van der Waals surface area (Å²) < 4.78 is 110. The maximum Gasteiger partial charge on any atom is 0.333 e. The molecule has 2 aromatic rings. The van der Waals surface area contributed by atoms with Gasteiger partial charge in [0, 0.05) is 81.7 Å². The number of carbonyl (C=O) groups is 7. The van der Waals surface area contributed by atoms with Crippen molar-refractivity contribution in [2.45, 2.75) is 73.0 Å². The number of hydrogen-bond donors (Lipinski definition) is 4. The van der Waals surface area contributed by atoms with Crippen LogP contribution in [0.3, 0.4) is 0 Å². The zero-order chi connectivity index (χ0) is 54.3. The summed E-state index contributed by atoms with van der Waals surface area (Å²) in [6.45, 7) is 7.29. The molecule has 0 aliphatic carbocycles. The van der Waals surface area contributed by atoms with Crippen LogP contribution in [0.25, 0.3) is 0 Å². The van der Waals surface area contributed by atoms with E-state index in [2.05, 4.69) is 23.8 Å². The zero-order valence-electron chi connectivity index (χ0n) is 40.7. The number of nitrogens with zero attached hydrogens (tertiary/aromatic N) is 4. The first-order valence-electron chi connectivity index (χ1n) is 23.6.